The number of rotatable bonds is 5. The van der Waals surface area contributed by atoms with Crippen LogP contribution in [0.1, 0.15) is 30.7 Å². The fourth-order valence-electron chi connectivity index (χ4n) is 2.54. The molecule has 0 spiro atoms. The molecule has 2 nitrogen and oxygen atoms in total. The molecule has 1 aromatic heterocycles. The van der Waals surface area contributed by atoms with Crippen LogP contribution in [0.15, 0.2) is 59.0 Å². The van der Waals surface area contributed by atoms with E-state index in [4.69, 9.17) is 16.0 Å². The van der Waals surface area contributed by atoms with E-state index in [-0.39, 0.29) is 6.04 Å². The summed E-state index contributed by atoms with van der Waals surface area (Å²) in [6.45, 7) is 3.08. The zero-order chi connectivity index (χ0) is 14.7. The third kappa shape index (κ3) is 3.12. The number of hydrogen-bond donors (Lipinski definition) is 1. The molecule has 108 valence electrons. The molecule has 0 aliphatic rings. The first-order valence-electron chi connectivity index (χ1n) is 7.25. The van der Waals surface area contributed by atoms with Gasteiger partial charge in [-0.2, -0.15) is 0 Å². The van der Waals surface area contributed by atoms with Crippen molar-refractivity contribution < 1.29 is 4.42 Å². The highest BCUT2D eigenvalue weighted by atomic mass is 35.5. The summed E-state index contributed by atoms with van der Waals surface area (Å²) >= 11 is 5.93. The van der Waals surface area contributed by atoms with Crippen LogP contribution < -0.4 is 5.32 Å². The zero-order valence-corrected chi connectivity index (χ0v) is 12.7. The maximum Gasteiger partial charge on any atom is 0.193 e. The van der Waals surface area contributed by atoms with E-state index in [9.17, 15) is 0 Å². The molecule has 1 unspecified atom stereocenters. The van der Waals surface area contributed by atoms with Gasteiger partial charge in [-0.05, 0) is 59.1 Å². The van der Waals surface area contributed by atoms with E-state index in [1.54, 1.807) is 6.07 Å². The van der Waals surface area contributed by atoms with Crippen LogP contribution in [0.2, 0.25) is 5.22 Å². The molecule has 1 N–H and O–H groups in total. The fourth-order valence-corrected chi connectivity index (χ4v) is 2.69. The van der Waals surface area contributed by atoms with Crippen molar-refractivity contribution >= 4 is 22.4 Å². The molecule has 3 rings (SSSR count). The Hall–Kier alpha value is -1.77. The molecule has 3 aromatic rings. The van der Waals surface area contributed by atoms with Gasteiger partial charge in [0.1, 0.15) is 5.76 Å². The fraction of sp³-hybridized carbons (Fsp3) is 0.222. The summed E-state index contributed by atoms with van der Waals surface area (Å²) in [7, 11) is 0. The Labute approximate surface area is 129 Å². The van der Waals surface area contributed by atoms with E-state index in [1.165, 1.54) is 16.3 Å². The van der Waals surface area contributed by atoms with Crippen molar-refractivity contribution in [2.45, 2.75) is 19.4 Å². The van der Waals surface area contributed by atoms with Gasteiger partial charge in [-0.15, -0.1) is 0 Å². The molecule has 2 aromatic carbocycles. The molecule has 0 fully saturated rings. The van der Waals surface area contributed by atoms with Crippen molar-refractivity contribution in [1.29, 1.82) is 0 Å². The predicted molar refractivity (Wildman–Crippen MR) is 87.8 cm³/mol. The summed E-state index contributed by atoms with van der Waals surface area (Å²) in [6.07, 6.45) is 1.07. The van der Waals surface area contributed by atoms with Crippen molar-refractivity contribution in [3.8, 4) is 0 Å². The molecule has 1 atom stereocenters. The highest BCUT2D eigenvalue weighted by Crippen LogP contribution is 2.28. The Morgan fingerprint density at radius 1 is 1.05 bits per heavy atom. The van der Waals surface area contributed by atoms with Crippen LogP contribution in [0.25, 0.3) is 10.8 Å². The monoisotopic (exact) mass is 299 g/mol. The van der Waals surface area contributed by atoms with Crippen molar-refractivity contribution in [1.82, 2.24) is 5.32 Å². The SMILES string of the molecule is CCCNC(c1ccc2ccccc2c1)c1ccc(Cl)o1. The number of fused-ring (bicyclic) bond motifs is 1. The van der Waals surface area contributed by atoms with Gasteiger partial charge >= 0.3 is 0 Å². The second kappa shape index (κ2) is 6.33. The van der Waals surface area contributed by atoms with Gasteiger partial charge in [-0.1, -0.05) is 43.3 Å². The zero-order valence-electron chi connectivity index (χ0n) is 12.0. The Bertz CT molecular complexity index is 735. The lowest BCUT2D eigenvalue weighted by atomic mass is 10.00. The second-order valence-corrected chi connectivity index (χ2v) is 5.51. The lowest BCUT2D eigenvalue weighted by molar-refractivity contribution is 0.448. The van der Waals surface area contributed by atoms with E-state index < -0.39 is 0 Å². The molecule has 1 heterocycles. The van der Waals surface area contributed by atoms with Crippen LogP contribution >= 0.6 is 11.6 Å². The number of furan rings is 1. The molecule has 3 heteroatoms. The van der Waals surface area contributed by atoms with Gasteiger partial charge in [0.25, 0.3) is 0 Å². The minimum atomic E-state index is 0.0297. The third-order valence-corrected chi connectivity index (χ3v) is 3.79. The predicted octanol–water partition coefficient (Wildman–Crippen LogP) is 5.18. The average molecular weight is 300 g/mol. The number of halogens is 1. The minimum Gasteiger partial charge on any atom is -0.448 e. The molecule has 0 amide bonds. The summed E-state index contributed by atoms with van der Waals surface area (Å²) in [5.41, 5.74) is 1.19. The molecule has 0 bridgehead atoms. The van der Waals surface area contributed by atoms with Gasteiger partial charge in [0.15, 0.2) is 5.22 Å². The van der Waals surface area contributed by atoms with Gasteiger partial charge in [0, 0.05) is 0 Å². The molecular weight excluding hydrogens is 282 g/mol. The van der Waals surface area contributed by atoms with Crippen molar-refractivity contribution in [3.05, 3.63) is 71.1 Å². The maximum atomic E-state index is 5.93. The Morgan fingerprint density at radius 3 is 2.57 bits per heavy atom. The Morgan fingerprint density at radius 2 is 1.86 bits per heavy atom. The molecule has 0 saturated heterocycles. The van der Waals surface area contributed by atoms with Crippen LogP contribution in [0, 0.1) is 0 Å². The normalized spacial score (nSPS) is 12.7. The standard InChI is InChI=1S/C18H18ClNO/c1-2-11-20-18(16-9-10-17(19)21-16)15-8-7-13-5-3-4-6-14(13)12-15/h3-10,12,18,20H,2,11H2,1H3. The topological polar surface area (TPSA) is 25.2 Å². The third-order valence-electron chi connectivity index (χ3n) is 3.58. The summed E-state index contributed by atoms with van der Waals surface area (Å²) in [6, 6.07) is 18.6. The summed E-state index contributed by atoms with van der Waals surface area (Å²) < 4.78 is 5.61. The van der Waals surface area contributed by atoms with Gasteiger partial charge < -0.3 is 9.73 Å². The van der Waals surface area contributed by atoms with Crippen molar-refractivity contribution in [2.75, 3.05) is 6.54 Å². The minimum absolute atomic E-state index is 0.0297. The van der Waals surface area contributed by atoms with E-state index in [0.717, 1.165) is 18.7 Å². The molecule has 21 heavy (non-hydrogen) atoms. The first kappa shape index (κ1) is 14.2. The van der Waals surface area contributed by atoms with Gasteiger partial charge in [0.2, 0.25) is 0 Å². The van der Waals surface area contributed by atoms with Crippen LogP contribution in [0.5, 0.6) is 0 Å². The van der Waals surface area contributed by atoms with E-state index in [1.807, 2.05) is 6.07 Å². The maximum absolute atomic E-state index is 5.93. The van der Waals surface area contributed by atoms with Gasteiger partial charge in [-0.3, -0.25) is 0 Å². The molecule has 0 aliphatic carbocycles. The van der Waals surface area contributed by atoms with E-state index in [2.05, 4.69) is 54.7 Å². The molecule has 0 radical (unpaired) electrons. The van der Waals surface area contributed by atoms with Crippen molar-refractivity contribution in [3.63, 3.8) is 0 Å². The number of nitrogens with one attached hydrogen (secondary N) is 1. The summed E-state index contributed by atoms with van der Waals surface area (Å²) in [5.74, 6) is 0.851. The van der Waals surface area contributed by atoms with Crippen LogP contribution in [-0.2, 0) is 0 Å². The first-order valence-corrected chi connectivity index (χ1v) is 7.63. The number of benzene rings is 2. The van der Waals surface area contributed by atoms with Gasteiger partial charge in [-0.25, -0.2) is 0 Å². The smallest absolute Gasteiger partial charge is 0.193 e. The van der Waals surface area contributed by atoms with Crippen LogP contribution in [0.3, 0.4) is 0 Å². The quantitative estimate of drug-likeness (QED) is 0.702. The van der Waals surface area contributed by atoms with E-state index >= 15 is 0 Å². The largest absolute Gasteiger partial charge is 0.448 e. The lowest BCUT2D eigenvalue weighted by Crippen LogP contribution is -2.22. The second-order valence-electron chi connectivity index (χ2n) is 5.14. The highest BCUT2D eigenvalue weighted by Gasteiger charge is 2.17. The summed E-state index contributed by atoms with van der Waals surface area (Å²) in [5, 5.41) is 6.43. The van der Waals surface area contributed by atoms with Gasteiger partial charge in [0.05, 0.1) is 6.04 Å². The first-order chi connectivity index (χ1) is 10.3. The lowest BCUT2D eigenvalue weighted by Gasteiger charge is -2.17. The average Bonchev–Trinajstić information content (AvgIpc) is 2.94. The van der Waals surface area contributed by atoms with Crippen LogP contribution in [0.4, 0.5) is 0 Å². The molecule has 0 aliphatic heterocycles. The van der Waals surface area contributed by atoms with Crippen LogP contribution in [-0.4, -0.2) is 6.54 Å². The Balaban J connectivity index is 2.00. The summed E-state index contributed by atoms with van der Waals surface area (Å²) in [4.78, 5) is 0. The van der Waals surface area contributed by atoms with Crippen molar-refractivity contribution in [2.24, 2.45) is 0 Å². The highest BCUT2D eigenvalue weighted by molar-refractivity contribution is 6.28. The van der Waals surface area contributed by atoms with E-state index in [0.29, 0.717) is 5.22 Å². The molecular formula is C18H18ClNO. The number of hydrogen-bond acceptors (Lipinski definition) is 2. The molecule has 0 saturated carbocycles. The Kier molecular flexibility index (Phi) is 4.28.